The summed E-state index contributed by atoms with van der Waals surface area (Å²) in [6.07, 6.45) is -0.0458. The SMILES string of the molecule is CC(C)(C)OC(=O)COC1CCN(C(=O)[C@H](Cc2ccc(OC(C)(C)C)cc2)NC(=O)O)CC1. The molecular weight excluding hydrogens is 440 g/mol. The van der Waals surface area contributed by atoms with Crippen molar-refractivity contribution in [2.75, 3.05) is 19.7 Å². The molecule has 0 radical (unpaired) electrons. The van der Waals surface area contributed by atoms with E-state index in [-0.39, 0.29) is 30.6 Å². The second-order valence-electron chi connectivity index (χ2n) is 10.5. The smallest absolute Gasteiger partial charge is 0.405 e. The number of hydrogen-bond acceptors (Lipinski definition) is 6. The van der Waals surface area contributed by atoms with Gasteiger partial charge in [-0.05, 0) is 72.1 Å². The summed E-state index contributed by atoms with van der Waals surface area (Å²) in [7, 11) is 0. The maximum atomic E-state index is 13.1. The Bertz CT molecular complexity index is 832. The van der Waals surface area contributed by atoms with E-state index in [1.807, 2.05) is 45.0 Å². The van der Waals surface area contributed by atoms with Gasteiger partial charge in [-0.25, -0.2) is 9.59 Å². The van der Waals surface area contributed by atoms with Crippen molar-refractivity contribution in [3.63, 3.8) is 0 Å². The van der Waals surface area contributed by atoms with Crippen molar-refractivity contribution in [2.45, 2.75) is 84.2 Å². The van der Waals surface area contributed by atoms with Crippen LogP contribution >= 0.6 is 0 Å². The first kappa shape index (κ1) is 27.4. The highest BCUT2D eigenvalue weighted by molar-refractivity contribution is 5.85. The standard InChI is InChI=1S/C25H38N2O7/c1-24(2,3)33-19-9-7-17(8-10-19)15-20(26-23(30)31)22(29)27-13-11-18(12-14-27)32-16-21(28)34-25(4,5)6/h7-10,18,20,26H,11-16H2,1-6H3,(H,30,31)/t20-/m0/s1. The summed E-state index contributed by atoms with van der Waals surface area (Å²) < 4.78 is 16.7. The molecule has 1 aliphatic rings. The molecule has 2 rings (SSSR count). The largest absolute Gasteiger partial charge is 0.488 e. The molecule has 1 aliphatic heterocycles. The maximum absolute atomic E-state index is 13.1. The number of carbonyl (C=O) groups is 3. The van der Waals surface area contributed by atoms with E-state index in [2.05, 4.69) is 5.32 Å². The van der Waals surface area contributed by atoms with Crippen LogP contribution in [0.5, 0.6) is 5.75 Å². The molecule has 2 amide bonds. The minimum absolute atomic E-state index is 0.131. The Balaban J connectivity index is 1.90. The van der Waals surface area contributed by atoms with E-state index < -0.39 is 23.7 Å². The highest BCUT2D eigenvalue weighted by atomic mass is 16.6. The van der Waals surface area contributed by atoms with Crippen LogP contribution in [-0.4, -0.2) is 71.0 Å². The number of rotatable bonds is 8. The molecule has 1 fully saturated rings. The number of carboxylic acid groups (broad SMARTS) is 1. The molecule has 1 aromatic rings. The molecule has 9 nitrogen and oxygen atoms in total. The number of amides is 2. The molecule has 1 saturated heterocycles. The first-order valence-corrected chi connectivity index (χ1v) is 11.6. The van der Waals surface area contributed by atoms with E-state index >= 15 is 0 Å². The van der Waals surface area contributed by atoms with E-state index in [9.17, 15) is 19.5 Å². The number of carbonyl (C=O) groups excluding carboxylic acids is 2. The van der Waals surface area contributed by atoms with Crippen LogP contribution in [0, 0.1) is 0 Å². The number of likely N-dealkylation sites (tertiary alicyclic amines) is 1. The van der Waals surface area contributed by atoms with Crippen LogP contribution in [0.4, 0.5) is 4.79 Å². The average molecular weight is 479 g/mol. The fourth-order valence-corrected chi connectivity index (χ4v) is 3.65. The average Bonchev–Trinajstić information content (AvgIpc) is 2.70. The molecule has 0 bridgehead atoms. The summed E-state index contributed by atoms with van der Waals surface area (Å²) in [6, 6.07) is 6.40. The van der Waals surface area contributed by atoms with Crippen LogP contribution < -0.4 is 10.1 Å². The van der Waals surface area contributed by atoms with Gasteiger partial charge in [0.25, 0.3) is 0 Å². The first-order chi connectivity index (χ1) is 15.7. The number of piperidine rings is 1. The first-order valence-electron chi connectivity index (χ1n) is 11.6. The van der Waals surface area contributed by atoms with Gasteiger partial charge in [0, 0.05) is 19.5 Å². The highest BCUT2D eigenvalue weighted by Crippen LogP contribution is 2.20. The number of ether oxygens (including phenoxy) is 3. The Hall–Kier alpha value is -2.81. The number of nitrogens with zero attached hydrogens (tertiary/aromatic N) is 1. The van der Waals surface area contributed by atoms with Gasteiger partial charge in [0.15, 0.2) is 0 Å². The summed E-state index contributed by atoms with van der Waals surface area (Å²) in [5.74, 6) is 0.0115. The minimum Gasteiger partial charge on any atom is -0.488 e. The predicted molar refractivity (Wildman–Crippen MR) is 127 cm³/mol. The minimum atomic E-state index is -1.25. The van der Waals surface area contributed by atoms with Gasteiger partial charge in [0.2, 0.25) is 5.91 Å². The van der Waals surface area contributed by atoms with Crippen LogP contribution in [-0.2, 0) is 25.5 Å². The van der Waals surface area contributed by atoms with Crippen molar-refractivity contribution in [1.82, 2.24) is 10.2 Å². The van der Waals surface area contributed by atoms with Gasteiger partial charge in [-0.3, -0.25) is 4.79 Å². The zero-order valence-corrected chi connectivity index (χ0v) is 21.1. The maximum Gasteiger partial charge on any atom is 0.405 e. The highest BCUT2D eigenvalue weighted by Gasteiger charge is 2.30. The van der Waals surface area contributed by atoms with Gasteiger partial charge in [-0.1, -0.05) is 12.1 Å². The van der Waals surface area contributed by atoms with Gasteiger partial charge in [-0.2, -0.15) is 0 Å². The molecule has 34 heavy (non-hydrogen) atoms. The fourth-order valence-electron chi connectivity index (χ4n) is 3.65. The van der Waals surface area contributed by atoms with Crippen LogP contribution in [0.1, 0.15) is 59.9 Å². The lowest BCUT2D eigenvalue weighted by molar-refractivity contribution is -0.163. The molecule has 0 saturated carbocycles. The molecule has 190 valence electrons. The van der Waals surface area contributed by atoms with Crippen LogP contribution in [0.15, 0.2) is 24.3 Å². The van der Waals surface area contributed by atoms with Crippen LogP contribution in [0.3, 0.4) is 0 Å². The molecule has 1 heterocycles. The van der Waals surface area contributed by atoms with Gasteiger partial charge in [0.1, 0.15) is 29.6 Å². The summed E-state index contributed by atoms with van der Waals surface area (Å²) >= 11 is 0. The predicted octanol–water partition coefficient (Wildman–Crippen LogP) is 3.39. The summed E-state index contributed by atoms with van der Waals surface area (Å²) in [6.45, 7) is 12.0. The number of nitrogens with one attached hydrogen (secondary N) is 1. The number of hydrogen-bond donors (Lipinski definition) is 2. The monoisotopic (exact) mass is 478 g/mol. The lowest BCUT2D eigenvalue weighted by Gasteiger charge is -2.34. The van der Waals surface area contributed by atoms with Crippen molar-refractivity contribution in [2.24, 2.45) is 0 Å². The zero-order chi connectivity index (χ0) is 25.5. The Morgan fingerprint density at radius 2 is 1.62 bits per heavy atom. The summed E-state index contributed by atoms with van der Waals surface area (Å²) in [4.78, 5) is 37.9. The molecule has 2 N–H and O–H groups in total. The lowest BCUT2D eigenvalue weighted by Crippen LogP contribution is -2.52. The number of esters is 1. The van der Waals surface area contributed by atoms with Crippen molar-refractivity contribution in [1.29, 1.82) is 0 Å². The van der Waals surface area contributed by atoms with Crippen molar-refractivity contribution in [3.05, 3.63) is 29.8 Å². The van der Waals surface area contributed by atoms with E-state index in [1.54, 1.807) is 25.7 Å². The molecular formula is C25H38N2O7. The van der Waals surface area contributed by atoms with Crippen LogP contribution in [0.2, 0.25) is 0 Å². The lowest BCUT2D eigenvalue weighted by atomic mass is 10.0. The molecule has 0 unspecified atom stereocenters. The quantitative estimate of drug-likeness (QED) is 0.551. The van der Waals surface area contributed by atoms with Gasteiger partial charge < -0.3 is 29.5 Å². The number of benzene rings is 1. The molecule has 0 aromatic heterocycles. The summed E-state index contributed by atoms with van der Waals surface area (Å²) in [5.41, 5.74) is -0.0698. The van der Waals surface area contributed by atoms with Crippen molar-refractivity contribution in [3.8, 4) is 5.75 Å². The third-order valence-electron chi connectivity index (χ3n) is 4.99. The van der Waals surface area contributed by atoms with Crippen molar-refractivity contribution < 1.29 is 33.7 Å². The second kappa shape index (κ2) is 11.6. The van der Waals surface area contributed by atoms with Gasteiger partial charge in [-0.15, -0.1) is 0 Å². The molecule has 1 aromatic carbocycles. The van der Waals surface area contributed by atoms with Gasteiger partial charge in [0.05, 0.1) is 6.10 Å². The normalized spacial score (nSPS) is 16.0. The summed E-state index contributed by atoms with van der Waals surface area (Å²) in [5, 5.41) is 11.6. The third kappa shape index (κ3) is 9.99. The van der Waals surface area contributed by atoms with Crippen LogP contribution in [0.25, 0.3) is 0 Å². The van der Waals surface area contributed by atoms with E-state index in [1.165, 1.54) is 0 Å². The van der Waals surface area contributed by atoms with Gasteiger partial charge >= 0.3 is 12.1 Å². The molecule has 0 aliphatic carbocycles. The van der Waals surface area contributed by atoms with Crippen molar-refractivity contribution >= 4 is 18.0 Å². The Labute approximate surface area is 201 Å². The molecule has 0 spiro atoms. The van der Waals surface area contributed by atoms with E-state index in [0.29, 0.717) is 31.7 Å². The van der Waals surface area contributed by atoms with E-state index in [4.69, 9.17) is 14.2 Å². The molecule has 1 atom stereocenters. The fraction of sp³-hybridized carbons (Fsp3) is 0.640. The molecule has 9 heteroatoms. The Morgan fingerprint density at radius 3 is 2.12 bits per heavy atom. The topological polar surface area (TPSA) is 114 Å². The Morgan fingerprint density at radius 1 is 1.03 bits per heavy atom. The Kier molecular flexibility index (Phi) is 9.32. The second-order valence-corrected chi connectivity index (χ2v) is 10.5. The van der Waals surface area contributed by atoms with E-state index in [0.717, 1.165) is 5.56 Å². The third-order valence-corrected chi connectivity index (χ3v) is 4.99. The zero-order valence-electron chi connectivity index (χ0n) is 21.1.